The smallest absolute Gasteiger partial charge is 0.244 e. The monoisotopic (exact) mass is 299 g/mol. The van der Waals surface area contributed by atoms with Crippen molar-refractivity contribution >= 4 is 10.0 Å². The molecule has 0 atom stereocenters. The molecule has 7 nitrogen and oxygen atoms in total. The van der Waals surface area contributed by atoms with Crippen molar-refractivity contribution in [1.29, 1.82) is 0 Å². The van der Waals surface area contributed by atoms with E-state index in [0.717, 1.165) is 0 Å². The van der Waals surface area contributed by atoms with Crippen LogP contribution in [0.2, 0.25) is 0 Å². The van der Waals surface area contributed by atoms with Crippen molar-refractivity contribution in [2.24, 2.45) is 0 Å². The fourth-order valence-corrected chi connectivity index (χ4v) is 2.95. The third-order valence-electron chi connectivity index (χ3n) is 2.65. The summed E-state index contributed by atoms with van der Waals surface area (Å²) in [6.45, 7) is 3.83. The van der Waals surface area contributed by atoms with Crippen LogP contribution in [0.1, 0.15) is 23.2 Å². The Morgan fingerprint density at radius 2 is 2.00 bits per heavy atom. The van der Waals surface area contributed by atoms with E-state index in [-0.39, 0.29) is 11.4 Å². The minimum absolute atomic E-state index is 0.00214. The second-order valence-corrected chi connectivity index (χ2v) is 6.09. The molecule has 0 radical (unpaired) electrons. The van der Waals surface area contributed by atoms with Crippen molar-refractivity contribution in [1.82, 2.24) is 15.0 Å². The van der Waals surface area contributed by atoms with Crippen molar-refractivity contribution in [3.8, 4) is 0 Å². The molecule has 0 aliphatic heterocycles. The summed E-state index contributed by atoms with van der Waals surface area (Å²) in [4.78, 5) is 4.07. The van der Waals surface area contributed by atoms with E-state index < -0.39 is 10.0 Å². The number of furan rings is 1. The molecule has 2 aromatic heterocycles. The lowest BCUT2D eigenvalue weighted by Gasteiger charge is -2.02. The molecule has 0 aliphatic rings. The molecule has 0 bridgehead atoms. The van der Waals surface area contributed by atoms with Crippen LogP contribution in [0.5, 0.6) is 0 Å². The van der Waals surface area contributed by atoms with E-state index in [9.17, 15) is 8.42 Å². The molecule has 0 unspecified atom stereocenters. The topological polar surface area (TPSA) is 97.4 Å². The van der Waals surface area contributed by atoms with Gasteiger partial charge >= 0.3 is 0 Å². The number of rotatable bonds is 6. The van der Waals surface area contributed by atoms with Gasteiger partial charge in [-0.15, -0.1) is 0 Å². The van der Waals surface area contributed by atoms with Gasteiger partial charge in [-0.05, 0) is 20.9 Å². The van der Waals surface area contributed by atoms with Crippen molar-refractivity contribution in [3.63, 3.8) is 0 Å². The number of nitrogens with zero attached hydrogens (tertiary/aromatic N) is 1. The van der Waals surface area contributed by atoms with Crippen LogP contribution in [0.4, 0.5) is 0 Å². The predicted octanol–water partition coefficient (Wildman–Crippen LogP) is 1.08. The summed E-state index contributed by atoms with van der Waals surface area (Å²) in [5, 5.41) is 2.90. The molecule has 2 aromatic rings. The molecule has 2 N–H and O–H groups in total. The molecule has 0 fully saturated rings. The average molecular weight is 299 g/mol. The van der Waals surface area contributed by atoms with Crippen LogP contribution in [0.15, 0.2) is 26.0 Å². The zero-order chi connectivity index (χ0) is 14.8. The summed E-state index contributed by atoms with van der Waals surface area (Å²) in [6.07, 6.45) is 1.54. The van der Waals surface area contributed by atoms with E-state index >= 15 is 0 Å². The summed E-state index contributed by atoms with van der Waals surface area (Å²) >= 11 is 0. The Kier molecular flexibility index (Phi) is 4.26. The van der Waals surface area contributed by atoms with Gasteiger partial charge in [0.2, 0.25) is 15.9 Å². The standard InChI is InChI=1S/C12H17N3O4S/c1-8-5-14-12(18-8)7-15-20(16,17)11-4-10(6-13-3)19-9(11)2/h4-5,13,15H,6-7H2,1-3H3. The summed E-state index contributed by atoms with van der Waals surface area (Å²) in [5.41, 5.74) is 0. The van der Waals surface area contributed by atoms with Crippen LogP contribution in [-0.2, 0) is 23.1 Å². The average Bonchev–Trinajstić information content (AvgIpc) is 2.94. The highest BCUT2D eigenvalue weighted by Gasteiger charge is 2.21. The molecule has 2 heterocycles. The van der Waals surface area contributed by atoms with Crippen LogP contribution in [0, 0.1) is 13.8 Å². The van der Waals surface area contributed by atoms with Gasteiger partial charge in [-0.3, -0.25) is 0 Å². The molecule has 8 heteroatoms. The summed E-state index contributed by atoms with van der Waals surface area (Å²) < 4.78 is 37.4. The normalized spacial score (nSPS) is 11.9. The van der Waals surface area contributed by atoms with E-state index in [1.165, 1.54) is 12.3 Å². The lowest BCUT2D eigenvalue weighted by Crippen LogP contribution is -2.23. The van der Waals surface area contributed by atoms with Gasteiger partial charge < -0.3 is 14.2 Å². The van der Waals surface area contributed by atoms with Crippen LogP contribution in [-0.4, -0.2) is 20.4 Å². The lowest BCUT2D eigenvalue weighted by molar-refractivity contribution is 0.459. The van der Waals surface area contributed by atoms with E-state index in [2.05, 4.69) is 15.0 Å². The van der Waals surface area contributed by atoms with Crippen LogP contribution in [0.25, 0.3) is 0 Å². The Labute approximate surface area is 117 Å². The van der Waals surface area contributed by atoms with Crippen LogP contribution in [0.3, 0.4) is 0 Å². The maximum Gasteiger partial charge on any atom is 0.244 e. The zero-order valence-corrected chi connectivity index (χ0v) is 12.4. The maximum absolute atomic E-state index is 12.2. The molecule has 0 amide bonds. The zero-order valence-electron chi connectivity index (χ0n) is 11.6. The highest BCUT2D eigenvalue weighted by molar-refractivity contribution is 7.89. The first-order valence-corrected chi connectivity index (χ1v) is 7.55. The first-order valence-electron chi connectivity index (χ1n) is 6.07. The Balaban J connectivity index is 2.13. The molecule has 20 heavy (non-hydrogen) atoms. The number of hydrogen-bond donors (Lipinski definition) is 2. The van der Waals surface area contributed by atoms with Gasteiger partial charge in [0.1, 0.15) is 22.2 Å². The van der Waals surface area contributed by atoms with Crippen molar-refractivity contribution in [3.05, 3.63) is 35.4 Å². The van der Waals surface area contributed by atoms with E-state index in [0.29, 0.717) is 29.7 Å². The van der Waals surface area contributed by atoms with Crippen molar-refractivity contribution in [2.45, 2.75) is 31.8 Å². The van der Waals surface area contributed by atoms with Crippen molar-refractivity contribution in [2.75, 3.05) is 7.05 Å². The van der Waals surface area contributed by atoms with Gasteiger partial charge in [-0.1, -0.05) is 0 Å². The Bertz CT molecular complexity index is 687. The molecular weight excluding hydrogens is 282 g/mol. The van der Waals surface area contributed by atoms with Gasteiger partial charge in [0.25, 0.3) is 0 Å². The second-order valence-electron chi connectivity index (χ2n) is 4.35. The minimum Gasteiger partial charge on any atom is -0.464 e. The number of oxazole rings is 1. The molecule has 0 saturated carbocycles. The van der Waals surface area contributed by atoms with E-state index in [1.807, 2.05) is 0 Å². The summed E-state index contributed by atoms with van der Waals surface area (Å²) in [5.74, 6) is 1.88. The number of nitrogens with one attached hydrogen (secondary N) is 2. The van der Waals surface area contributed by atoms with Gasteiger partial charge in [0, 0.05) is 6.07 Å². The lowest BCUT2D eigenvalue weighted by atomic mass is 10.4. The van der Waals surface area contributed by atoms with Gasteiger partial charge in [0.15, 0.2) is 0 Å². The molecule has 110 valence electrons. The Hall–Kier alpha value is -1.64. The van der Waals surface area contributed by atoms with Crippen LogP contribution >= 0.6 is 0 Å². The molecule has 0 aliphatic carbocycles. The van der Waals surface area contributed by atoms with Gasteiger partial charge in [-0.2, -0.15) is 0 Å². The number of sulfonamides is 1. The highest BCUT2D eigenvalue weighted by Crippen LogP contribution is 2.20. The predicted molar refractivity (Wildman–Crippen MR) is 71.5 cm³/mol. The molecular formula is C12H17N3O4S. The van der Waals surface area contributed by atoms with E-state index in [4.69, 9.17) is 8.83 Å². The van der Waals surface area contributed by atoms with Gasteiger partial charge in [-0.25, -0.2) is 18.1 Å². The number of aromatic nitrogens is 1. The number of aryl methyl sites for hydroxylation is 2. The summed E-state index contributed by atoms with van der Waals surface area (Å²) in [7, 11) is -1.89. The third kappa shape index (κ3) is 3.27. The van der Waals surface area contributed by atoms with Gasteiger partial charge in [0.05, 0.1) is 19.3 Å². The first-order chi connectivity index (χ1) is 9.42. The second kappa shape index (κ2) is 5.78. The SMILES string of the molecule is CNCc1cc(S(=O)(=O)NCc2ncc(C)o2)c(C)o1. The maximum atomic E-state index is 12.2. The highest BCUT2D eigenvalue weighted by atomic mass is 32.2. The Morgan fingerprint density at radius 1 is 1.25 bits per heavy atom. The van der Waals surface area contributed by atoms with Crippen LogP contribution < -0.4 is 10.0 Å². The fraction of sp³-hybridized carbons (Fsp3) is 0.417. The quantitative estimate of drug-likeness (QED) is 0.828. The molecule has 2 rings (SSSR count). The fourth-order valence-electron chi connectivity index (χ4n) is 1.77. The number of hydrogen-bond acceptors (Lipinski definition) is 6. The van der Waals surface area contributed by atoms with E-state index in [1.54, 1.807) is 20.9 Å². The molecule has 0 saturated heterocycles. The molecule has 0 spiro atoms. The largest absolute Gasteiger partial charge is 0.464 e. The minimum atomic E-state index is -3.65. The summed E-state index contributed by atoms with van der Waals surface area (Å²) in [6, 6.07) is 1.51. The third-order valence-corrected chi connectivity index (χ3v) is 4.16. The first kappa shape index (κ1) is 14.8. The Morgan fingerprint density at radius 3 is 2.60 bits per heavy atom. The molecule has 0 aromatic carbocycles. The van der Waals surface area contributed by atoms with Crippen molar-refractivity contribution < 1.29 is 17.3 Å².